The summed E-state index contributed by atoms with van der Waals surface area (Å²) in [5.74, 6) is -2.00. The number of ether oxygens (including phenoxy) is 3. The van der Waals surface area contributed by atoms with Crippen molar-refractivity contribution in [1.82, 2.24) is 19.5 Å². The molecule has 2 aromatic carbocycles. The zero-order valence-electron chi connectivity index (χ0n) is 27.0. The Balaban J connectivity index is 1.24. The molecule has 1 amide bonds. The van der Waals surface area contributed by atoms with Gasteiger partial charge in [0.05, 0.1) is 54.0 Å². The maximum absolute atomic E-state index is 13.5. The Kier molecular flexibility index (Phi) is 11.9. The summed E-state index contributed by atoms with van der Waals surface area (Å²) < 4.78 is 83.3. The minimum Gasteiger partial charge on any atom is -0.569 e. The van der Waals surface area contributed by atoms with Gasteiger partial charge in [-0.2, -0.15) is 18.3 Å². The fourth-order valence-corrected chi connectivity index (χ4v) is 5.44. The number of benzene rings is 2. The lowest BCUT2D eigenvalue weighted by atomic mass is 10.0. The molecule has 1 atom stereocenters. The van der Waals surface area contributed by atoms with Gasteiger partial charge in [-0.3, -0.25) is 14.4 Å². The van der Waals surface area contributed by atoms with E-state index in [-0.39, 0.29) is 53.5 Å². The number of nitrogens with zero attached hydrogens (tertiary/aromatic N) is 5. The number of carbonyl (C=O) groups excluding carboxylic acids is 3. The summed E-state index contributed by atoms with van der Waals surface area (Å²) in [5.41, 5.74) is 0.490. The SMILES string of the molecule is CCOC(=O)OC(C)O/N=[N+](/[O-])N1CC(COC(=O)CCC(=O)NS(=O)(=O)c2ccc(-n3nc(C(F)(F)F)cc3-c3ccc(C)cc3)cc2)C1. The predicted octanol–water partition coefficient (Wildman–Crippen LogP) is 4.25. The van der Waals surface area contributed by atoms with Crippen LogP contribution in [0.2, 0.25) is 0 Å². The minimum absolute atomic E-state index is 0.0784. The number of carbonyl (C=O) groups is 3. The highest BCUT2D eigenvalue weighted by Crippen LogP contribution is 2.33. The number of amides is 1. The standard InChI is InChI=1S/C30H33F3N6O10S/c1-4-46-29(42)48-20(3)49-36-39(43)37-16-21(17-37)18-47-28(41)14-13-27(40)35-50(44,45)24-11-9-23(10-12-24)38-25(15-26(34-38)30(31,32)33)22-7-5-19(2)6-8-22/h5-12,15,20-21H,4,13-14,16-18H2,1-3H3,(H,35,40)/b39-36+. The van der Waals surface area contributed by atoms with Crippen molar-refractivity contribution in [3.8, 4) is 16.9 Å². The van der Waals surface area contributed by atoms with Gasteiger partial charge in [-0.1, -0.05) is 29.8 Å². The summed E-state index contributed by atoms with van der Waals surface area (Å²) in [5, 5.41) is 20.1. The normalized spacial score (nSPS) is 14.4. The molecule has 16 nitrogen and oxygen atoms in total. The Labute approximate surface area is 283 Å². The molecule has 1 aliphatic rings. The first-order valence-electron chi connectivity index (χ1n) is 15.0. The average molecular weight is 727 g/mol. The highest BCUT2D eigenvalue weighted by Gasteiger charge is 2.36. The van der Waals surface area contributed by atoms with Gasteiger partial charge in [0.25, 0.3) is 16.3 Å². The van der Waals surface area contributed by atoms with Gasteiger partial charge in [0.15, 0.2) is 5.69 Å². The van der Waals surface area contributed by atoms with Crippen molar-refractivity contribution in [2.75, 3.05) is 26.3 Å². The van der Waals surface area contributed by atoms with Crippen molar-refractivity contribution >= 4 is 28.1 Å². The van der Waals surface area contributed by atoms with Crippen molar-refractivity contribution in [3.63, 3.8) is 0 Å². The second-order valence-corrected chi connectivity index (χ2v) is 12.6. The fourth-order valence-electron chi connectivity index (χ4n) is 4.43. The first kappa shape index (κ1) is 37.4. The Morgan fingerprint density at radius 3 is 2.36 bits per heavy atom. The highest BCUT2D eigenvalue weighted by atomic mass is 32.2. The topological polar surface area (TPSA) is 194 Å². The van der Waals surface area contributed by atoms with E-state index in [1.165, 1.54) is 24.1 Å². The maximum atomic E-state index is 13.5. The summed E-state index contributed by atoms with van der Waals surface area (Å²) >= 11 is 0. The summed E-state index contributed by atoms with van der Waals surface area (Å²) in [6, 6.07) is 12.3. The van der Waals surface area contributed by atoms with E-state index >= 15 is 0 Å². The molecule has 1 aliphatic heterocycles. The third kappa shape index (κ3) is 10.1. The van der Waals surface area contributed by atoms with E-state index in [0.717, 1.165) is 28.4 Å². The first-order chi connectivity index (χ1) is 23.5. The molecule has 1 N–H and O–H groups in total. The monoisotopic (exact) mass is 726 g/mol. The van der Waals surface area contributed by atoms with E-state index < -0.39 is 59.1 Å². The van der Waals surface area contributed by atoms with Gasteiger partial charge in [-0.05, 0) is 44.2 Å². The lowest BCUT2D eigenvalue weighted by molar-refractivity contribution is -0.728. The molecule has 3 aromatic rings. The van der Waals surface area contributed by atoms with E-state index in [1.807, 2.05) is 11.6 Å². The lowest BCUT2D eigenvalue weighted by Gasteiger charge is -2.33. The predicted molar refractivity (Wildman–Crippen MR) is 164 cm³/mol. The van der Waals surface area contributed by atoms with Gasteiger partial charge in [-0.15, -0.1) is 5.01 Å². The zero-order valence-corrected chi connectivity index (χ0v) is 27.8. The third-order valence-electron chi connectivity index (χ3n) is 6.99. The van der Waals surface area contributed by atoms with Gasteiger partial charge in [0.1, 0.15) is 0 Å². The van der Waals surface area contributed by atoms with Crippen molar-refractivity contribution in [1.29, 1.82) is 0 Å². The van der Waals surface area contributed by atoms with Crippen LogP contribution in [0.3, 0.4) is 0 Å². The zero-order chi connectivity index (χ0) is 36.6. The number of esters is 1. The van der Waals surface area contributed by atoms with Crippen molar-refractivity contribution in [2.45, 2.75) is 51.0 Å². The Hall–Kier alpha value is -5.40. The molecule has 0 radical (unpaired) electrons. The quantitative estimate of drug-likeness (QED) is 0.0817. The number of hydrogen-bond donors (Lipinski definition) is 1. The molecule has 1 saturated heterocycles. The third-order valence-corrected chi connectivity index (χ3v) is 8.38. The van der Waals surface area contributed by atoms with E-state index in [1.54, 1.807) is 31.2 Å². The number of hydrogen-bond acceptors (Lipinski definition) is 12. The van der Waals surface area contributed by atoms with Gasteiger partial charge >= 0.3 is 18.3 Å². The van der Waals surface area contributed by atoms with Gasteiger partial charge < -0.3 is 19.4 Å². The maximum Gasteiger partial charge on any atom is 0.511 e. The molecule has 270 valence electrons. The van der Waals surface area contributed by atoms with Gasteiger partial charge in [-0.25, -0.2) is 22.6 Å². The smallest absolute Gasteiger partial charge is 0.511 e. The van der Waals surface area contributed by atoms with Crippen molar-refractivity contribution in [3.05, 3.63) is 71.1 Å². The number of halogens is 3. The van der Waals surface area contributed by atoms with Crippen LogP contribution in [-0.4, -0.2) is 78.8 Å². The number of nitrogens with one attached hydrogen (secondary N) is 1. The average Bonchev–Trinajstić information content (AvgIpc) is 3.49. The molecular formula is C30H33F3N6O10S. The summed E-state index contributed by atoms with van der Waals surface area (Å²) in [7, 11) is -4.40. The number of aryl methyl sites for hydroxylation is 1. The van der Waals surface area contributed by atoms with E-state index in [0.29, 0.717) is 5.56 Å². The van der Waals surface area contributed by atoms with E-state index in [9.17, 15) is 41.2 Å². The Bertz CT molecular complexity index is 1810. The van der Waals surface area contributed by atoms with E-state index in [2.05, 4.69) is 19.8 Å². The summed E-state index contributed by atoms with van der Waals surface area (Å²) in [4.78, 5) is 40.2. The van der Waals surface area contributed by atoms with Crippen LogP contribution in [0.4, 0.5) is 18.0 Å². The van der Waals surface area contributed by atoms with Crippen LogP contribution in [0.25, 0.3) is 16.9 Å². The molecule has 0 bridgehead atoms. The number of alkyl halides is 3. The first-order valence-corrected chi connectivity index (χ1v) is 16.5. The molecule has 1 fully saturated rings. The molecule has 4 rings (SSSR count). The molecule has 0 saturated carbocycles. The molecule has 0 spiro atoms. The van der Waals surface area contributed by atoms with Crippen molar-refractivity contribution in [2.24, 2.45) is 11.2 Å². The molecule has 50 heavy (non-hydrogen) atoms. The Morgan fingerprint density at radius 1 is 1.08 bits per heavy atom. The second kappa shape index (κ2) is 15.9. The fraction of sp³-hybridized carbons (Fsp3) is 0.400. The molecule has 20 heteroatoms. The van der Waals surface area contributed by atoms with Crippen LogP contribution in [0.15, 0.2) is 64.8 Å². The van der Waals surface area contributed by atoms with Crippen LogP contribution in [0.5, 0.6) is 0 Å². The number of rotatable bonds is 14. The highest BCUT2D eigenvalue weighted by molar-refractivity contribution is 7.90. The molecular weight excluding hydrogens is 693 g/mol. The van der Waals surface area contributed by atoms with Gasteiger partial charge in [0.2, 0.25) is 11.2 Å². The van der Waals surface area contributed by atoms with Crippen LogP contribution in [-0.2, 0) is 44.8 Å². The van der Waals surface area contributed by atoms with Crippen LogP contribution in [0, 0.1) is 18.0 Å². The molecule has 1 aromatic heterocycles. The van der Waals surface area contributed by atoms with Crippen LogP contribution >= 0.6 is 0 Å². The number of aromatic nitrogens is 2. The second-order valence-electron chi connectivity index (χ2n) is 10.9. The summed E-state index contributed by atoms with van der Waals surface area (Å²) in [6.45, 7) is 5.07. The van der Waals surface area contributed by atoms with Crippen LogP contribution in [0.1, 0.15) is 37.9 Å². The molecule has 1 unspecified atom stereocenters. The Morgan fingerprint density at radius 2 is 1.74 bits per heavy atom. The molecule has 0 aliphatic carbocycles. The number of sulfonamides is 1. The van der Waals surface area contributed by atoms with E-state index in [4.69, 9.17) is 9.57 Å². The summed E-state index contributed by atoms with van der Waals surface area (Å²) in [6.07, 6.45) is -7.84. The van der Waals surface area contributed by atoms with Crippen molar-refractivity contribution < 1.29 is 60.0 Å². The van der Waals surface area contributed by atoms with Crippen LogP contribution < -0.4 is 4.72 Å². The lowest BCUT2D eigenvalue weighted by Crippen LogP contribution is -2.52. The number of hydrazine groups is 1. The minimum atomic E-state index is -4.72. The molecule has 2 heterocycles. The largest absolute Gasteiger partial charge is 0.569 e. The van der Waals surface area contributed by atoms with Gasteiger partial charge in [0, 0.05) is 24.8 Å².